The van der Waals surface area contributed by atoms with Gasteiger partial charge in [0, 0.05) is 47.0 Å². The summed E-state index contributed by atoms with van der Waals surface area (Å²) in [6, 6.07) is 43.4. The lowest BCUT2D eigenvalue weighted by Gasteiger charge is -2.18. The number of fused-ring (bicyclic) bond motifs is 2. The first-order chi connectivity index (χ1) is 23.8. The monoisotopic (exact) mass is 650 g/mol. The summed E-state index contributed by atoms with van der Waals surface area (Å²) in [5, 5.41) is 4.56. The van der Waals surface area contributed by atoms with E-state index in [2.05, 4.69) is 131 Å². The van der Waals surface area contributed by atoms with Crippen molar-refractivity contribution < 1.29 is 0 Å². The summed E-state index contributed by atoms with van der Waals surface area (Å²) >= 11 is 3.24. The molecule has 0 fully saturated rings. The average molecular weight is 651 g/mol. The molecule has 0 amide bonds. The molecule has 226 valence electrons. The van der Waals surface area contributed by atoms with Crippen LogP contribution in [0, 0.1) is 0 Å². The molecule has 0 saturated heterocycles. The molecule has 0 bridgehead atoms. The third-order valence-corrected chi connectivity index (χ3v) is 10.4. The van der Waals surface area contributed by atoms with Crippen molar-refractivity contribution >= 4 is 44.2 Å². The van der Waals surface area contributed by atoms with E-state index in [-0.39, 0.29) is 0 Å². The second-order valence-electron chi connectivity index (χ2n) is 11.6. The van der Waals surface area contributed by atoms with Crippen molar-refractivity contribution in [1.82, 2.24) is 19.9 Å². The molecule has 0 N–H and O–H groups in total. The molecule has 0 radical (unpaired) electrons. The van der Waals surface area contributed by atoms with Gasteiger partial charge in [-0.1, -0.05) is 84.9 Å². The molecule has 5 aromatic carbocycles. The summed E-state index contributed by atoms with van der Waals surface area (Å²) in [7, 11) is 0. The standard InChI is InChI=1S/C42H26N4S2/c1-2-7-27(8-3-1)28-9-6-10-29(19-28)30-13-16-35-36(20-30)42(38-18-15-32(22-46-38)40-24-44-26-48-40)34-12-5-4-11-33(34)41(35)37-17-14-31(21-45-37)39-23-43-25-47-39/h1-26H. The van der Waals surface area contributed by atoms with E-state index in [9.17, 15) is 0 Å². The molecule has 0 spiro atoms. The van der Waals surface area contributed by atoms with Crippen molar-refractivity contribution in [2.24, 2.45) is 0 Å². The van der Waals surface area contributed by atoms with Crippen LogP contribution in [0.25, 0.3) is 87.2 Å². The Bertz CT molecular complexity index is 2520. The minimum atomic E-state index is 0.930. The van der Waals surface area contributed by atoms with Crippen LogP contribution in [0.15, 0.2) is 157 Å². The van der Waals surface area contributed by atoms with E-state index in [0.717, 1.165) is 70.5 Å². The molecule has 4 aromatic heterocycles. The number of nitrogens with zero attached hydrogens (tertiary/aromatic N) is 4. The van der Waals surface area contributed by atoms with E-state index in [1.807, 2.05) is 35.8 Å². The number of thiazole rings is 2. The summed E-state index contributed by atoms with van der Waals surface area (Å²) in [6.07, 6.45) is 7.71. The van der Waals surface area contributed by atoms with E-state index in [1.54, 1.807) is 22.7 Å². The first kappa shape index (κ1) is 28.4. The van der Waals surface area contributed by atoms with Gasteiger partial charge in [0.05, 0.1) is 32.2 Å². The molecule has 9 aromatic rings. The molecule has 6 heteroatoms. The summed E-state index contributed by atoms with van der Waals surface area (Å²) in [5.74, 6) is 0. The Balaban J connectivity index is 1.28. The fourth-order valence-electron chi connectivity index (χ4n) is 6.51. The number of hydrogen-bond acceptors (Lipinski definition) is 6. The Labute approximate surface area is 285 Å². The van der Waals surface area contributed by atoms with Crippen LogP contribution in [-0.2, 0) is 0 Å². The summed E-state index contributed by atoms with van der Waals surface area (Å²) in [5.41, 5.74) is 14.6. The lowest BCUT2D eigenvalue weighted by Crippen LogP contribution is -1.94. The van der Waals surface area contributed by atoms with Gasteiger partial charge in [-0.3, -0.25) is 19.9 Å². The number of aromatic nitrogens is 4. The van der Waals surface area contributed by atoms with E-state index in [4.69, 9.17) is 9.97 Å². The van der Waals surface area contributed by atoms with Crippen LogP contribution >= 0.6 is 22.7 Å². The van der Waals surface area contributed by atoms with Crippen molar-refractivity contribution in [2.75, 3.05) is 0 Å². The van der Waals surface area contributed by atoms with E-state index >= 15 is 0 Å². The average Bonchev–Trinajstić information content (AvgIpc) is 3.91. The predicted octanol–water partition coefficient (Wildman–Crippen LogP) is 11.7. The van der Waals surface area contributed by atoms with E-state index in [1.165, 1.54) is 16.7 Å². The van der Waals surface area contributed by atoms with Crippen LogP contribution in [0.4, 0.5) is 0 Å². The van der Waals surface area contributed by atoms with E-state index in [0.29, 0.717) is 0 Å². The molecular formula is C42H26N4S2. The first-order valence-electron chi connectivity index (χ1n) is 15.6. The number of hydrogen-bond donors (Lipinski definition) is 0. The topological polar surface area (TPSA) is 51.6 Å². The van der Waals surface area contributed by atoms with Gasteiger partial charge in [0.25, 0.3) is 0 Å². The lowest BCUT2D eigenvalue weighted by atomic mass is 9.87. The van der Waals surface area contributed by atoms with Gasteiger partial charge in [-0.05, 0) is 80.2 Å². The van der Waals surface area contributed by atoms with Crippen LogP contribution in [0.3, 0.4) is 0 Å². The van der Waals surface area contributed by atoms with Crippen LogP contribution in [0.1, 0.15) is 0 Å². The zero-order valence-corrected chi connectivity index (χ0v) is 27.2. The Morgan fingerprint density at radius 1 is 0.354 bits per heavy atom. The molecule has 9 rings (SSSR count). The maximum Gasteiger partial charge on any atom is 0.0797 e. The molecule has 0 atom stereocenters. The van der Waals surface area contributed by atoms with Gasteiger partial charge in [-0.25, -0.2) is 0 Å². The molecule has 0 aliphatic carbocycles. The molecule has 0 aliphatic heterocycles. The van der Waals surface area contributed by atoms with Crippen LogP contribution < -0.4 is 0 Å². The molecular weight excluding hydrogens is 625 g/mol. The summed E-state index contributed by atoms with van der Waals surface area (Å²) in [6.45, 7) is 0. The maximum atomic E-state index is 5.06. The summed E-state index contributed by atoms with van der Waals surface area (Å²) in [4.78, 5) is 20.8. The Kier molecular flexibility index (Phi) is 7.15. The largest absolute Gasteiger partial charge is 0.256 e. The molecule has 0 saturated carbocycles. The van der Waals surface area contributed by atoms with Gasteiger partial charge in [-0.2, -0.15) is 0 Å². The van der Waals surface area contributed by atoms with Gasteiger partial charge in [0.2, 0.25) is 0 Å². The minimum Gasteiger partial charge on any atom is -0.256 e. The van der Waals surface area contributed by atoms with Crippen molar-refractivity contribution in [3.05, 3.63) is 157 Å². The first-order valence-corrected chi connectivity index (χ1v) is 17.4. The Hall–Kier alpha value is -5.82. The quantitative estimate of drug-likeness (QED) is 0.168. The third kappa shape index (κ3) is 5.08. The van der Waals surface area contributed by atoms with Crippen molar-refractivity contribution in [1.29, 1.82) is 0 Å². The SMILES string of the molecule is c1ccc(-c2cccc(-c3ccc4c(-c5ccc(-c6cncs6)cn5)c5ccccc5c(-c5ccc(-c6cncs6)cn5)c4c3)c2)cc1. The summed E-state index contributed by atoms with van der Waals surface area (Å²) < 4.78 is 0. The highest BCUT2D eigenvalue weighted by Gasteiger charge is 2.19. The Morgan fingerprint density at radius 3 is 1.42 bits per heavy atom. The van der Waals surface area contributed by atoms with Crippen molar-refractivity contribution in [2.45, 2.75) is 0 Å². The second-order valence-corrected chi connectivity index (χ2v) is 13.4. The van der Waals surface area contributed by atoms with Gasteiger partial charge >= 0.3 is 0 Å². The lowest BCUT2D eigenvalue weighted by molar-refractivity contribution is 1.33. The van der Waals surface area contributed by atoms with Gasteiger partial charge < -0.3 is 0 Å². The molecule has 4 heterocycles. The number of rotatable bonds is 6. The van der Waals surface area contributed by atoms with Gasteiger partial charge in [-0.15, -0.1) is 22.7 Å². The number of benzene rings is 5. The fourth-order valence-corrected chi connectivity index (χ4v) is 7.74. The highest BCUT2D eigenvalue weighted by molar-refractivity contribution is 7.13. The smallest absolute Gasteiger partial charge is 0.0797 e. The molecule has 48 heavy (non-hydrogen) atoms. The van der Waals surface area contributed by atoms with Crippen LogP contribution in [0.5, 0.6) is 0 Å². The highest BCUT2D eigenvalue weighted by atomic mass is 32.1. The van der Waals surface area contributed by atoms with Crippen LogP contribution in [-0.4, -0.2) is 19.9 Å². The van der Waals surface area contributed by atoms with E-state index < -0.39 is 0 Å². The van der Waals surface area contributed by atoms with Crippen LogP contribution in [0.2, 0.25) is 0 Å². The Morgan fingerprint density at radius 2 is 0.854 bits per heavy atom. The highest BCUT2D eigenvalue weighted by Crippen LogP contribution is 2.44. The molecule has 4 nitrogen and oxygen atoms in total. The third-order valence-electron chi connectivity index (χ3n) is 8.80. The second kappa shape index (κ2) is 12.1. The van der Waals surface area contributed by atoms with Gasteiger partial charge in [0.15, 0.2) is 0 Å². The maximum absolute atomic E-state index is 5.06. The minimum absolute atomic E-state index is 0.930. The van der Waals surface area contributed by atoms with Gasteiger partial charge in [0.1, 0.15) is 0 Å². The predicted molar refractivity (Wildman–Crippen MR) is 201 cm³/mol. The van der Waals surface area contributed by atoms with Crippen molar-refractivity contribution in [3.8, 4) is 65.6 Å². The number of pyridine rings is 2. The zero-order valence-electron chi connectivity index (χ0n) is 25.6. The molecule has 0 unspecified atom stereocenters. The molecule has 0 aliphatic rings. The van der Waals surface area contributed by atoms with Crippen molar-refractivity contribution in [3.63, 3.8) is 0 Å². The fraction of sp³-hybridized carbons (Fsp3) is 0. The normalized spacial score (nSPS) is 11.3. The zero-order chi connectivity index (χ0) is 31.9.